The molecule has 0 radical (unpaired) electrons. The first-order chi connectivity index (χ1) is 11.7. The molecule has 2 aliphatic rings. The number of ether oxygens (including phenoxy) is 1. The number of piperidine rings is 1. The lowest BCUT2D eigenvalue weighted by molar-refractivity contribution is -0.127. The molecule has 6 heteroatoms. The van der Waals surface area contributed by atoms with Gasteiger partial charge in [-0.3, -0.25) is 4.79 Å². The topological polar surface area (TPSA) is 69.5 Å². The minimum atomic E-state index is 0.270. The predicted octanol–water partition coefficient (Wildman–Crippen LogP) is 1.66. The molecule has 128 valence electrons. The number of nitrogens with zero attached hydrogens (tertiary/aromatic N) is 4. The third-order valence-corrected chi connectivity index (χ3v) is 5.16. The van der Waals surface area contributed by atoms with E-state index >= 15 is 0 Å². The normalized spacial score (nSPS) is 22.6. The van der Waals surface area contributed by atoms with Crippen LogP contribution in [0.15, 0.2) is 18.3 Å². The van der Waals surface area contributed by atoms with E-state index < -0.39 is 0 Å². The van der Waals surface area contributed by atoms with E-state index in [0.717, 1.165) is 38.9 Å². The molecule has 3 rings (SSSR count). The number of aromatic nitrogens is 1. The van der Waals surface area contributed by atoms with Gasteiger partial charge >= 0.3 is 0 Å². The maximum Gasteiger partial charge on any atom is 0.231 e. The van der Waals surface area contributed by atoms with Gasteiger partial charge in [0.15, 0.2) is 0 Å². The Morgan fingerprint density at radius 3 is 2.83 bits per heavy atom. The van der Waals surface area contributed by atoms with Crippen molar-refractivity contribution in [1.82, 2.24) is 14.8 Å². The lowest BCUT2D eigenvalue weighted by atomic mass is 9.97. The van der Waals surface area contributed by atoms with Crippen LogP contribution in [-0.4, -0.2) is 60.0 Å². The number of likely N-dealkylation sites (tertiary alicyclic amines) is 2. The SMILES string of the molecule is CN1C(=O)CCC1CN1CCC(COc2ncccc2C#N)CC1. The van der Waals surface area contributed by atoms with Gasteiger partial charge in [0.25, 0.3) is 0 Å². The zero-order chi connectivity index (χ0) is 16.9. The van der Waals surface area contributed by atoms with Crippen molar-refractivity contribution in [2.45, 2.75) is 31.7 Å². The molecular formula is C18H24N4O2. The van der Waals surface area contributed by atoms with E-state index in [-0.39, 0.29) is 5.91 Å². The first-order valence-corrected chi connectivity index (χ1v) is 8.63. The minimum Gasteiger partial charge on any atom is -0.476 e. The van der Waals surface area contributed by atoms with Crippen molar-refractivity contribution in [3.63, 3.8) is 0 Å². The number of carbonyl (C=O) groups excluding carboxylic acids is 1. The summed E-state index contributed by atoms with van der Waals surface area (Å²) < 4.78 is 5.76. The standard InChI is InChI=1S/C18H24N4O2/c1-21-16(4-5-17(21)23)12-22-9-6-14(7-10-22)13-24-18-15(11-19)3-2-8-20-18/h2-3,8,14,16H,4-7,9-10,12-13H2,1H3. The van der Waals surface area contributed by atoms with Gasteiger partial charge in [-0.1, -0.05) is 0 Å². The highest BCUT2D eigenvalue weighted by Crippen LogP contribution is 2.23. The Morgan fingerprint density at radius 2 is 2.17 bits per heavy atom. The summed E-state index contributed by atoms with van der Waals surface area (Å²) in [5.41, 5.74) is 0.490. The van der Waals surface area contributed by atoms with Crippen LogP contribution in [0.2, 0.25) is 0 Å². The summed E-state index contributed by atoms with van der Waals surface area (Å²) in [6.07, 6.45) is 5.49. The maximum absolute atomic E-state index is 11.6. The summed E-state index contributed by atoms with van der Waals surface area (Å²) in [6.45, 7) is 3.68. The molecule has 0 spiro atoms. The second kappa shape index (κ2) is 7.63. The van der Waals surface area contributed by atoms with Gasteiger partial charge in [0.2, 0.25) is 11.8 Å². The number of likely N-dealkylation sites (N-methyl/N-ethyl adjacent to an activating group) is 1. The Labute approximate surface area is 143 Å². The summed E-state index contributed by atoms with van der Waals surface area (Å²) in [4.78, 5) is 20.1. The zero-order valence-corrected chi connectivity index (χ0v) is 14.1. The van der Waals surface area contributed by atoms with Crippen LogP contribution in [0.1, 0.15) is 31.2 Å². The van der Waals surface area contributed by atoms with Gasteiger partial charge in [-0.05, 0) is 50.4 Å². The van der Waals surface area contributed by atoms with Gasteiger partial charge in [-0.2, -0.15) is 5.26 Å². The number of hydrogen-bond acceptors (Lipinski definition) is 5. The number of carbonyl (C=O) groups is 1. The van der Waals surface area contributed by atoms with Crippen LogP contribution in [0, 0.1) is 17.2 Å². The van der Waals surface area contributed by atoms with Crippen LogP contribution in [0.4, 0.5) is 0 Å². The number of rotatable bonds is 5. The largest absolute Gasteiger partial charge is 0.476 e. The van der Waals surface area contributed by atoms with Crippen LogP contribution in [0.25, 0.3) is 0 Å². The molecule has 1 unspecified atom stereocenters. The molecule has 0 bridgehead atoms. The monoisotopic (exact) mass is 328 g/mol. The van der Waals surface area contributed by atoms with Crippen molar-refractivity contribution in [3.05, 3.63) is 23.9 Å². The zero-order valence-electron chi connectivity index (χ0n) is 14.1. The highest BCUT2D eigenvalue weighted by atomic mass is 16.5. The molecule has 1 amide bonds. The van der Waals surface area contributed by atoms with Gasteiger partial charge in [-0.15, -0.1) is 0 Å². The Balaban J connectivity index is 1.42. The van der Waals surface area contributed by atoms with Crippen LogP contribution in [0.5, 0.6) is 5.88 Å². The Hall–Kier alpha value is -2.13. The fraction of sp³-hybridized carbons (Fsp3) is 0.611. The van der Waals surface area contributed by atoms with Crippen LogP contribution in [-0.2, 0) is 4.79 Å². The first-order valence-electron chi connectivity index (χ1n) is 8.63. The van der Waals surface area contributed by atoms with Crippen LogP contribution < -0.4 is 4.74 Å². The molecule has 2 aliphatic heterocycles. The molecule has 0 aromatic carbocycles. The molecular weight excluding hydrogens is 304 g/mol. The van der Waals surface area contributed by atoms with Gasteiger partial charge in [0.1, 0.15) is 11.6 Å². The summed E-state index contributed by atoms with van der Waals surface area (Å²) >= 11 is 0. The Morgan fingerprint density at radius 1 is 1.38 bits per heavy atom. The molecule has 1 aromatic rings. The van der Waals surface area contributed by atoms with Crippen molar-refractivity contribution in [1.29, 1.82) is 5.26 Å². The highest BCUT2D eigenvalue weighted by molar-refractivity contribution is 5.78. The second-order valence-electron chi connectivity index (χ2n) is 6.72. The molecule has 6 nitrogen and oxygen atoms in total. The van der Waals surface area contributed by atoms with E-state index in [1.807, 2.05) is 11.9 Å². The lowest BCUT2D eigenvalue weighted by Crippen LogP contribution is -2.43. The molecule has 2 saturated heterocycles. The predicted molar refractivity (Wildman–Crippen MR) is 89.4 cm³/mol. The third kappa shape index (κ3) is 3.85. The Bertz CT molecular complexity index is 620. The second-order valence-corrected chi connectivity index (χ2v) is 6.72. The first kappa shape index (κ1) is 16.7. The van der Waals surface area contributed by atoms with Gasteiger partial charge in [0, 0.05) is 32.3 Å². The molecule has 1 aromatic heterocycles. The van der Waals surface area contributed by atoms with Crippen LogP contribution in [0.3, 0.4) is 0 Å². The minimum absolute atomic E-state index is 0.270. The smallest absolute Gasteiger partial charge is 0.231 e. The highest BCUT2D eigenvalue weighted by Gasteiger charge is 2.30. The lowest BCUT2D eigenvalue weighted by Gasteiger charge is -2.34. The summed E-state index contributed by atoms with van der Waals surface area (Å²) in [5.74, 6) is 1.21. The van der Waals surface area contributed by atoms with Crippen molar-refractivity contribution >= 4 is 5.91 Å². The van der Waals surface area contributed by atoms with Gasteiger partial charge in [0.05, 0.1) is 6.61 Å². The molecule has 0 saturated carbocycles. The van der Waals surface area contributed by atoms with Crippen molar-refractivity contribution < 1.29 is 9.53 Å². The van der Waals surface area contributed by atoms with E-state index in [0.29, 0.717) is 36.4 Å². The fourth-order valence-corrected chi connectivity index (χ4v) is 3.50. The number of pyridine rings is 1. The average molecular weight is 328 g/mol. The Kier molecular flexibility index (Phi) is 5.31. The van der Waals surface area contributed by atoms with Gasteiger partial charge < -0.3 is 14.5 Å². The fourth-order valence-electron chi connectivity index (χ4n) is 3.50. The number of amides is 1. The summed E-state index contributed by atoms with van der Waals surface area (Å²) in [6, 6.07) is 5.95. The molecule has 0 aliphatic carbocycles. The average Bonchev–Trinajstić information content (AvgIpc) is 2.93. The molecule has 1 atom stereocenters. The van der Waals surface area contributed by atoms with E-state index in [9.17, 15) is 4.79 Å². The van der Waals surface area contributed by atoms with E-state index in [2.05, 4.69) is 16.0 Å². The van der Waals surface area contributed by atoms with Crippen LogP contribution >= 0.6 is 0 Å². The van der Waals surface area contributed by atoms with Crippen molar-refractivity contribution in [3.8, 4) is 11.9 Å². The molecule has 24 heavy (non-hydrogen) atoms. The maximum atomic E-state index is 11.6. The van der Waals surface area contributed by atoms with Crippen molar-refractivity contribution in [2.24, 2.45) is 5.92 Å². The third-order valence-electron chi connectivity index (χ3n) is 5.16. The quantitative estimate of drug-likeness (QED) is 0.822. The molecule has 3 heterocycles. The van der Waals surface area contributed by atoms with E-state index in [1.165, 1.54) is 0 Å². The summed E-state index contributed by atoms with van der Waals surface area (Å²) in [5, 5.41) is 9.06. The van der Waals surface area contributed by atoms with Crippen molar-refractivity contribution in [2.75, 3.05) is 33.3 Å². The number of nitriles is 1. The molecule has 2 fully saturated rings. The van der Waals surface area contributed by atoms with Gasteiger partial charge in [-0.25, -0.2) is 4.98 Å². The number of hydrogen-bond donors (Lipinski definition) is 0. The summed E-state index contributed by atoms with van der Waals surface area (Å²) in [7, 11) is 1.92. The molecule has 0 N–H and O–H groups in total. The van der Waals surface area contributed by atoms with E-state index in [4.69, 9.17) is 10.00 Å². The van der Waals surface area contributed by atoms with E-state index in [1.54, 1.807) is 18.3 Å².